The summed E-state index contributed by atoms with van der Waals surface area (Å²) in [5.74, 6) is 0.0732. The standard InChI is InChI=1S/C14H23N3OS/c1-3-12-4-5-13(19-12)10-16-6-8-17(9-7-16)14(18)11(2)15/h4-5,11H,3,6-10,15H2,1-2H3. The summed E-state index contributed by atoms with van der Waals surface area (Å²) in [7, 11) is 0. The van der Waals surface area contributed by atoms with E-state index >= 15 is 0 Å². The molecular weight excluding hydrogens is 258 g/mol. The van der Waals surface area contributed by atoms with Crippen molar-refractivity contribution in [1.82, 2.24) is 9.80 Å². The van der Waals surface area contributed by atoms with Gasteiger partial charge in [0.2, 0.25) is 5.91 Å². The van der Waals surface area contributed by atoms with Crippen LogP contribution in [0, 0.1) is 0 Å². The molecule has 1 unspecified atom stereocenters. The number of nitrogens with zero attached hydrogens (tertiary/aromatic N) is 2. The van der Waals surface area contributed by atoms with Crippen molar-refractivity contribution in [2.75, 3.05) is 26.2 Å². The highest BCUT2D eigenvalue weighted by molar-refractivity contribution is 7.11. The minimum Gasteiger partial charge on any atom is -0.339 e. The summed E-state index contributed by atoms with van der Waals surface area (Å²) in [5.41, 5.74) is 5.64. The van der Waals surface area contributed by atoms with E-state index in [-0.39, 0.29) is 11.9 Å². The molecule has 1 saturated heterocycles. The molecule has 1 amide bonds. The maximum Gasteiger partial charge on any atom is 0.239 e. The Morgan fingerprint density at radius 1 is 1.32 bits per heavy atom. The molecule has 1 aliphatic heterocycles. The van der Waals surface area contributed by atoms with Crippen molar-refractivity contribution in [3.8, 4) is 0 Å². The molecule has 0 saturated carbocycles. The Balaban J connectivity index is 1.81. The molecule has 1 fully saturated rings. The van der Waals surface area contributed by atoms with Crippen LogP contribution in [0.1, 0.15) is 23.6 Å². The normalized spacial score (nSPS) is 18.6. The number of piperazine rings is 1. The average Bonchev–Trinajstić information content (AvgIpc) is 2.86. The molecule has 0 aromatic carbocycles. The lowest BCUT2D eigenvalue weighted by Gasteiger charge is -2.35. The third-order valence-electron chi connectivity index (χ3n) is 3.52. The molecule has 1 atom stereocenters. The van der Waals surface area contributed by atoms with Gasteiger partial charge in [-0.25, -0.2) is 0 Å². The van der Waals surface area contributed by atoms with Crippen LogP contribution in [-0.4, -0.2) is 47.9 Å². The first-order valence-electron chi connectivity index (χ1n) is 6.94. The maximum absolute atomic E-state index is 11.8. The van der Waals surface area contributed by atoms with Crippen LogP contribution in [0.4, 0.5) is 0 Å². The van der Waals surface area contributed by atoms with E-state index in [4.69, 9.17) is 5.73 Å². The molecule has 1 aromatic heterocycles. The first-order valence-corrected chi connectivity index (χ1v) is 7.76. The maximum atomic E-state index is 11.8. The molecule has 2 N–H and O–H groups in total. The molecule has 2 heterocycles. The highest BCUT2D eigenvalue weighted by Crippen LogP contribution is 2.19. The van der Waals surface area contributed by atoms with Crippen LogP contribution < -0.4 is 5.73 Å². The summed E-state index contributed by atoms with van der Waals surface area (Å²) < 4.78 is 0. The zero-order valence-corrected chi connectivity index (χ0v) is 12.6. The lowest BCUT2D eigenvalue weighted by molar-refractivity contribution is -0.134. The molecule has 4 nitrogen and oxygen atoms in total. The number of nitrogens with two attached hydrogens (primary N) is 1. The van der Waals surface area contributed by atoms with Gasteiger partial charge < -0.3 is 10.6 Å². The van der Waals surface area contributed by atoms with Crippen LogP contribution in [-0.2, 0) is 17.8 Å². The number of amides is 1. The van der Waals surface area contributed by atoms with Gasteiger partial charge >= 0.3 is 0 Å². The summed E-state index contributed by atoms with van der Waals surface area (Å²) in [5, 5.41) is 0. The van der Waals surface area contributed by atoms with Crippen LogP contribution in [0.2, 0.25) is 0 Å². The summed E-state index contributed by atoms with van der Waals surface area (Å²) in [6, 6.07) is 4.06. The van der Waals surface area contributed by atoms with Gasteiger partial charge in [-0.15, -0.1) is 11.3 Å². The second-order valence-electron chi connectivity index (χ2n) is 5.11. The molecule has 0 bridgehead atoms. The lowest BCUT2D eigenvalue weighted by Crippen LogP contribution is -2.52. The van der Waals surface area contributed by atoms with Crippen LogP contribution in [0.15, 0.2) is 12.1 Å². The van der Waals surface area contributed by atoms with E-state index in [9.17, 15) is 4.79 Å². The topological polar surface area (TPSA) is 49.6 Å². The fourth-order valence-electron chi connectivity index (χ4n) is 2.33. The van der Waals surface area contributed by atoms with Crippen molar-refractivity contribution in [2.24, 2.45) is 5.73 Å². The number of hydrogen-bond acceptors (Lipinski definition) is 4. The predicted octanol–water partition coefficient (Wildman–Crippen LogP) is 1.30. The van der Waals surface area contributed by atoms with E-state index in [1.165, 1.54) is 9.75 Å². The first kappa shape index (κ1) is 14.5. The second kappa shape index (κ2) is 6.50. The Morgan fingerprint density at radius 3 is 2.47 bits per heavy atom. The van der Waals surface area contributed by atoms with E-state index in [1.54, 1.807) is 6.92 Å². The zero-order valence-electron chi connectivity index (χ0n) is 11.8. The number of rotatable bonds is 4. The van der Waals surface area contributed by atoms with E-state index in [0.29, 0.717) is 0 Å². The average molecular weight is 281 g/mol. The quantitative estimate of drug-likeness (QED) is 0.905. The summed E-state index contributed by atoms with van der Waals surface area (Å²) in [4.78, 5) is 18.9. The highest BCUT2D eigenvalue weighted by atomic mass is 32.1. The van der Waals surface area contributed by atoms with Gasteiger partial charge in [-0.3, -0.25) is 9.69 Å². The summed E-state index contributed by atoms with van der Waals surface area (Å²) >= 11 is 1.90. The Hall–Kier alpha value is -0.910. The molecule has 0 radical (unpaired) electrons. The monoisotopic (exact) mass is 281 g/mol. The number of aryl methyl sites for hydroxylation is 1. The third-order valence-corrected chi connectivity index (χ3v) is 4.73. The third kappa shape index (κ3) is 3.78. The highest BCUT2D eigenvalue weighted by Gasteiger charge is 2.23. The van der Waals surface area contributed by atoms with Crippen molar-refractivity contribution >= 4 is 17.2 Å². The minimum absolute atomic E-state index is 0.0732. The van der Waals surface area contributed by atoms with Crippen molar-refractivity contribution in [3.63, 3.8) is 0 Å². The summed E-state index contributed by atoms with van der Waals surface area (Å²) in [6.07, 6.45) is 1.11. The van der Waals surface area contributed by atoms with Crippen molar-refractivity contribution in [3.05, 3.63) is 21.9 Å². The minimum atomic E-state index is -0.379. The molecule has 106 valence electrons. The van der Waals surface area contributed by atoms with Crippen molar-refractivity contribution in [2.45, 2.75) is 32.9 Å². The largest absolute Gasteiger partial charge is 0.339 e. The van der Waals surface area contributed by atoms with Gasteiger partial charge in [0.05, 0.1) is 6.04 Å². The molecule has 0 spiro atoms. The lowest BCUT2D eigenvalue weighted by atomic mass is 10.2. The fourth-order valence-corrected chi connectivity index (χ4v) is 3.33. The number of carbonyl (C=O) groups is 1. The zero-order chi connectivity index (χ0) is 13.8. The SMILES string of the molecule is CCc1ccc(CN2CCN(C(=O)C(C)N)CC2)s1. The van der Waals surface area contributed by atoms with Crippen LogP contribution in [0.5, 0.6) is 0 Å². The first-order chi connectivity index (χ1) is 9.10. The van der Waals surface area contributed by atoms with Gasteiger partial charge in [0, 0.05) is 42.5 Å². The Labute approximate surface area is 119 Å². The molecule has 5 heteroatoms. The molecular formula is C14H23N3OS. The van der Waals surface area contributed by atoms with Crippen LogP contribution in [0.3, 0.4) is 0 Å². The van der Waals surface area contributed by atoms with E-state index in [0.717, 1.165) is 39.1 Å². The van der Waals surface area contributed by atoms with Gasteiger partial charge in [-0.2, -0.15) is 0 Å². The van der Waals surface area contributed by atoms with E-state index in [1.807, 2.05) is 16.2 Å². The van der Waals surface area contributed by atoms with Crippen LogP contribution >= 0.6 is 11.3 Å². The molecule has 1 aromatic rings. The van der Waals surface area contributed by atoms with Gasteiger partial charge in [0.1, 0.15) is 0 Å². The van der Waals surface area contributed by atoms with Gasteiger partial charge in [-0.05, 0) is 25.5 Å². The van der Waals surface area contributed by atoms with Crippen LogP contribution in [0.25, 0.3) is 0 Å². The van der Waals surface area contributed by atoms with Gasteiger partial charge in [-0.1, -0.05) is 6.92 Å². The fraction of sp³-hybridized carbons (Fsp3) is 0.643. The molecule has 19 heavy (non-hydrogen) atoms. The molecule has 2 rings (SSSR count). The van der Waals surface area contributed by atoms with Crippen molar-refractivity contribution in [1.29, 1.82) is 0 Å². The van der Waals surface area contributed by atoms with E-state index in [2.05, 4.69) is 24.0 Å². The Bertz CT molecular complexity index is 422. The Kier molecular flexibility index (Phi) is 4.96. The second-order valence-corrected chi connectivity index (χ2v) is 6.36. The number of thiophene rings is 1. The smallest absolute Gasteiger partial charge is 0.239 e. The van der Waals surface area contributed by atoms with E-state index < -0.39 is 0 Å². The van der Waals surface area contributed by atoms with Gasteiger partial charge in [0.15, 0.2) is 0 Å². The summed E-state index contributed by atoms with van der Waals surface area (Å²) in [6.45, 7) is 8.43. The predicted molar refractivity (Wildman–Crippen MR) is 79.2 cm³/mol. The number of hydrogen-bond donors (Lipinski definition) is 1. The van der Waals surface area contributed by atoms with Gasteiger partial charge in [0.25, 0.3) is 0 Å². The number of carbonyl (C=O) groups excluding carboxylic acids is 1. The van der Waals surface area contributed by atoms with Crippen molar-refractivity contribution < 1.29 is 4.79 Å². The Morgan fingerprint density at radius 2 is 1.95 bits per heavy atom. The molecule has 1 aliphatic rings. The molecule has 0 aliphatic carbocycles.